The van der Waals surface area contributed by atoms with Gasteiger partial charge in [0, 0.05) is 18.1 Å². The molecule has 3 aromatic rings. The Morgan fingerprint density at radius 1 is 0.974 bits per heavy atom. The summed E-state index contributed by atoms with van der Waals surface area (Å²) in [7, 11) is -4.25. The lowest BCUT2D eigenvalue weighted by Crippen LogP contribution is -2.51. The Kier molecular flexibility index (Phi) is 10.3. The van der Waals surface area contributed by atoms with Gasteiger partial charge in [-0.15, -0.1) is 0 Å². The van der Waals surface area contributed by atoms with E-state index in [2.05, 4.69) is 5.32 Å². The molecule has 0 unspecified atom stereocenters. The van der Waals surface area contributed by atoms with Crippen molar-refractivity contribution in [2.75, 3.05) is 17.4 Å². The summed E-state index contributed by atoms with van der Waals surface area (Å²) in [4.78, 5) is 27.9. The van der Waals surface area contributed by atoms with Crippen LogP contribution in [0, 0.1) is 5.82 Å². The summed E-state index contributed by atoms with van der Waals surface area (Å²) in [6.45, 7) is 3.48. The van der Waals surface area contributed by atoms with Crippen LogP contribution in [0.15, 0.2) is 83.8 Å². The molecule has 10 heteroatoms. The minimum atomic E-state index is -4.25. The summed E-state index contributed by atoms with van der Waals surface area (Å²) in [6.07, 6.45) is 1.68. The predicted molar refractivity (Wildman–Crippen MR) is 147 cm³/mol. The maximum Gasteiger partial charge on any atom is 0.264 e. The minimum absolute atomic E-state index is 0.0000959. The molecule has 0 aliphatic carbocycles. The van der Waals surface area contributed by atoms with Crippen molar-refractivity contribution in [1.82, 2.24) is 10.2 Å². The molecule has 0 aliphatic heterocycles. The van der Waals surface area contributed by atoms with Crippen molar-refractivity contribution in [3.05, 3.63) is 95.3 Å². The Bertz CT molecular complexity index is 1340. The van der Waals surface area contributed by atoms with Crippen LogP contribution in [-0.4, -0.2) is 44.3 Å². The van der Waals surface area contributed by atoms with E-state index in [-0.39, 0.29) is 23.0 Å². The molecule has 0 saturated heterocycles. The number of carbonyl (C=O) groups excluding carboxylic acids is 2. The number of sulfonamides is 1. The van der Waals surface area contributed by atoms with Crippen molar-refractivity contribution in [1.29, 1.82) is 0 Å². The number of nitrogens with one attached hydrogen (secondary N) is 1. The number of carbonyl (C=O) groups is 2. The van der Waals surface area contributed by atoms with Crippen molar-refractivity contribution in [3.63, 3.8) is 0 Å². The SMILES string of the molecule is CCCCNC(=O)[C@H](C)N(Cc1ccccc1Cl)C(=O)CN(c1ccccc1)S(=O)(=O)c1ccc(F)cc1. The van der Waals surface area contributed by atoms with Crippen molar-refractivity contribution in [3.8, 4) is 0 Å². The monoisotopic (exact) mass is 559 g/mol. The molecule has 0 saturated carbocycles. The molecule has 38 heavy (non-hydrogen) atoms. The lowest BCUT2D eigenvalue weighted by Gasteiger charge is -2.32. The molecule has 0 bridgehead atoms. The van der Waals surface area contributed by atoms with Gasteiger partial charge in [-0.25, -0.2) is 12.8 Å². The minimum Gasteiger partial charge on any atom is -0.354 e. The first-order chi connectivity index (χ1) is 18.1. The summed E-state index contributed by atoms with van der Waals surface area (Å²) in [5.74, 6) is -1.54. The summed E-state index contributed by atoms with van der Waals surface area (Å²) < 4.78 is 41.7. The van der Waals surface area contributed by atoms with Gasteiger partial charge in [-0.1, -0.05) is 61.3 Å². The lowest BCUT2D eigenvalue weighted by atomic mass is 10.1. The lowest BCUT2D eigenvalue weighted by molar-refractivity contribution is -0.139. The summed E-state index contributed by atoms with van der Waals surface area (Å²) >= 11 is 6.35. The third kappa shape index (κ3) is 7.33. The summed E-state index contributed by atoms with van der Waals surface area (Å²) in [5.41, 5.74) is 0.867. The van der Waals surface area contributed by atoms with E-state index < -0.39 is 34.3 Å². The molecule has 0 aromatic heterocycles. The Morgan fingerprint density at radius 3 is 2.24 bits per heavy atom. The summed E-state index contributed by atoms with van der Waals surface area (Å²) in [6, 6.07) is 18.6. The number of amides is 2. The molecule has 3 aromatic carbocycles. The normalized spacial score (nSPS) is 12.0. The first-order valence-electron chi connectivity index (χ1n) is 12.3. The Labute approximate surface area is 228 Å². The molecule has 0 fully saturated rings. The number of benzene rings is 3. The number of anilines is 1. The Morgan fingerprint density at radius 2 is 1.61 bits per heavy atom. The van der Waals surface area contributed by atoms with Gasteiger partial charge >= 0.3 is 0 Å². The number of rotatable bonds is 12. The molecule has 0 heterocycles. The maximum absolute atomic E-state index is 13.8. The second-order valence-corrected chi connectivity index (χ2v) is 11.0. The molecule has 3 rings (SSSR count). The van der Waals surface area contributed by atoms with Gasteiger partial charge in [0.25, 0.3) is 10.0 Å². The number of nitrogens with zero attached hydrogens (tertiary/aromatic N) is 2. The molecule has 0 radical (unpaired) electrons. The van der Waals surface area contributed by atoms with E-state index in [9.17, 15) is 22.4 Å². The number of halogens is 2. The fourth-order valence-electron chi connectivity index (χ4n) is 3.79. The van der Waals surface area contributed by atoms with E-state index in [1.54, 1.807) is 61.5 Å². The van der Waals surface area contributed by atoms with Gasteiger partial charge < -0.3 is 10.2 Å². The molecule has 202 valence electrons. The van der Waals surface area contributed by atoms with Crippen LogP contribution in [0.4, 0.5) is 10.1 Å². The van der Waals surface area contributed by atoms with Gasteiger partial charge in [0.15, 0.2) is 0 Å². The van der Waals surface area contributed by atoms with Crippen LogP contribution in [0.25, 0.3) is 0 Å². The summed E-state index contributed by atoms with van der Waals surface area (Å²) in [5, 5.41) is 3.25. The zero-order valence-corrected chi connectivity index (χ0v) is 22.9. The van der Waals surface area contributed by atoms with Crippen molar-refractivity contribution in [2.45, 2.75) is 44.2 Å². The molecule has 7 nitrogen and oxygen atoms in total. The molecular weight excluding hydrogens is 529 g/mol. The zero-order chi connectivity index (χ0) is 27.7. The number of hydrogen-bond acceptors (Lipinski definition) is 4. The van der Waals surface area contributed by atoms with Crippen molar-refractivity contribution in [2.24, 2.45) is 0 Å². The quantitative estimate of drug-likeness (QED) is 0.316. The Hall–Kier alpha value is -3.43. The molecule has 1 atom stereocenters. The van der Waals surface area contributed by atoms with Crippen molar-refractivity contribution < 1.29 is 22.4 Å². The predicted octanol–water partition coefficient (Wildman–Crippen LogP) is 5.01. The second kappa shape index (κ2) is 13.4. The van der Waals surface area contributed by atoms with Crippen LogP contribution in [0.2, 0.25) is 5.02 Å². The number of para-hydroxylation sites is 1. The van der Waals surface area contributed by atoms with Crippen LogP contribution in [0.5, 0.6) is 0 Å². The Balaban J connectivity index is 1.98. The highest BCUT2D eigenvalue weighted by atomic mass is 35.5. The average molecular weight is 560 g/mol. The number of hydrogen-bond donors (Lipinski definition) is 1. The highest BCUT2D eigenvalue weighted by molar-refractivity contribution is 7.92. The van der Waals surface area contributed by atoms with E-state index >= 15 is 0 Å². The van der Waals surface area contributed by atoms with E-state index in [0.29, 0.717) is 17.1 Å². The van der Waals surface area contributed by atoms with Crippen LogP contribution in [0.1, 0.15) is 32.3 Å². The average Bonchev–Trinajstić information content (AvgIpc) is 2.91. The van der Waals surface area contributed by atoms with Crippen LogP contribution >= 0.6 is 11.6 Å². The maximum atomic E-state index is 13.8. The van der Waals surface area contributed by atoms with Crippen LogP contribution < -0.4 is 9.62 Å². The zero-order valence-electron chi connectivity index (χ0n) is 21.3. The van der Waals surface area contributed by atoms with Gasteiger partial charge in [0.1, 0.15) is 18.4 Å². The first-order valence-corrected chi connectivity index (χ1v) is 14.1. The fourth-order valence-corrected chi connectivity index (χ4v) is 5.40. The van der Waals surface area contributed by atoms with E-state index in [0.717, 1.165) is 41.4 Å². The van der Waals surface area contributed by atoms with Crippen molar-refractivity contribution >= 4 is 39.1 Å². The first kappa shape index (κ1) is 29.1. The third-order valence-electron chi connectivity index (χ3n) is 6.02. The van der Waals surface area contributed by atoms with Gasteiger partial charge in [-0.2, -0.15) is 0 Å². The van der Waals surface area contributed by atoms with Gasteiger partial charge in [0.05, 0.1) is 10.6 Å². The molecule has 0 spiro atoms. The smallest absolute Gasteiger partial charge is 0.264 e. The van der Waals surface area contributed by atoms with E-state index in [4.69, 9.17) is 11.6 Å². The standard InChI is InChI=1S/C28H31ClFN3O4S/c1-3-4-18-31-28(35)21(2)32(19-22-10-8-9-13-26(22)29)27(34)20-33(24-11-6-5-7-12-24)38(36,37)25-16-14-23(30)15-17-25/h5-17,21H,3-4,18-20H2,1-2H3,(H,31,35)/t21-/m0/s1. The van der Waals surface area contributed by atoms with E-state index in [1.807, 2.05) is 6.92 Å². The highest BCUT2D eigenvalue weighted by Crippen LogP contribution is 2.25. The topological polar surface area (TPSA) is 86.8 Å². The third-order valence-corrected chi connectivity index (χ3v) is 8.18. The largest absolute Gasteiger partial charge is 0.354 e. The fraction of sp³-hybridized carbons (Fsp3) is 0.286. The second-order valence-electron chi connectivity index (χ2n) is 8.73. The van der Waals surface area contributed by atoms with E-state index in [1.165, 1.54) is 4.90 Å². The van der Waals surface area contributed by atoms with Crippen LogP contribution in [0.3, 0.4) is 0 Å². The number of unbranched alkanes of at least 4 members (excludes halogenated alkanes) is 1. The van der Waals surface area contributed by atoms with Gasteiger partial charge in [-0.3, -0.25) is 13.9 Å². The molecule has 2 amide bonds. The molecule has 1 N–H and O–H groups in total. The molecule has 0 aliphatic rings. The van der Waals surface area contributed by atoms with Gasteiger partial charge in [-0.05, 0) is 61.4 Å². The molecular formula is C28H31ClFN3O4S. The van der Waals surface area contributed by atoms with Crippen LogP contribution in [-0.2, 0) is 26.2 Å². The van der Waals surface area contributed by atoms with Gasteiger partial charge in [0.2, 0.25) is 11.8 Å². The highest BCUT2D eigenvalue weighted by Gasteiger charge is 2.32.